The van der Waals surface area contributed by atoms with Crippen molar-refractivity contribution in [3.63, 3.8) is 0 Å². The van der Waals surface area contributed by atoms with E-state index in [2.05, 4.69) is 9.79 Å². The van der Waals surface area contributed by atoms with Gasteiger partial charge in [-0.1, -0.05) is 42.5 Å². The van der Waals surface area contributed by atoms with Crippen LogP contribution in [0.4, 0.5) is 0 Å². The highest BCUT2D eigenvalue weighted by atomic mass is 16.8. The molecule has 0 bridgehead atoms. The van der Waals surface area contributed by atoms with Crippen LogP contribution in [0.25, 0.3) is 17.3 Å². The molecule has 0 amide bonds. The van der Waals surface area contributed by atoms with Crippen molar-refractivity contribution in [1.29, 1.82) is 0 Å². The third kappa shape index (κ3) is 2.96. The van der Waals surface area contributed by atoms with Crippen LogP contribution in [0.1, 0.15) is 16.1 Å². The van der Waals surface area contributed by atoms with Gasteiger partial charge in [-0.05, 0) is 29.2 Å². The summed E-state index contributed by atoms with van der Waals surface area (Å²) in [6.45, 7) is 0. The first-order valence-electron chi connectivity index (χ1n) is 6.82. The second-order valence-corrected chi connectivity index (χ2v) is 4.74. The number of benzene rings is 2. The van der Waals surface area contributed by atoms with Crippen molar-refractivity contribution in [2.75, 3.05) is 0 Å². The Morgan fingerprint density at radius 2 is 1.83 bits per heavy atom. The van der Waals surface area contributed by atoms with Gasteiger partial charge in [-0.2, -0.15) is 0 Å². The van der Waals surface area contributed by atoms with Crippen LogP contribution < -0.4 is 4.90 Å². The first-order chi connectivity index (χ1) is 11.2. The van der Waals surface area contributed by atoms with E-state index in [-0.39, 0.29) is 21.9 Å². The van der Waals surface area contributed by atoms with E-state index in [1.54, 1.807) is 36.4 Å². The molecule has 2 aromatic carbocycles. The van der Waals surface area contributed by atoms with Crippen molar-refractivity contribution in [2.45, 2.75) is 0 Å². The minimum Gasteiger partial charge on any atom is -0.507 e. The van der Waals surface area contributed by atoms with Gasteiger partial charge in [-0.15, -0.1) is 0 Å². The van der Waals surface area contributed by atoms with Crippen molar-refractivity contribution in [2.24, 2.45) is 0 Å². The largest absolute Gasteiger partial charge is 0.507 e. The monoisotopic (exact) mass is 308 g/mol. The summed E-state index contributed by atoms with van der Waals surface area (Å²) in [5, 5.41) is 25.1. The smallest absolute Gasteiger partial charge is 0.255 e. The summed E-state index contributed by atoms with van der Waals surface area (Å²) in [4.78, 5) is 12.3. The molecule has 0 fully saturated rings. The topological polar surface area (TPSA) is 90.3 Å². The lowest BCUT2D eigenvalue weighted by Crippen LogP contribution is -2.26. The highest BCUT2D eigenvalue weighted by molar-refractivity contribution is 6.08. The Balaban J connectivity index is 1.93. The molecule has 6 nitrogen and oxygen atoms in total. The quantitative estimate of drug-likeness (QED) is 0.454. The number of carbonyl (C=O) groups is 1. The third-order valence-corrected chi connectivity index (χ3v) is 3.25. The van der Waals surface area contributed by atoms with Crippen LogP contribution in [-0.4, -0.2) is 16.0 Å². The fourth-order valence-electron chi connectivity index (χ4n) is 2.12. The number of hydrogen-bond acceptors (Lipinski definition) is 5. The first kappa shape index (κ1) is 14.5. The fourth-order valence-corrected chi connectivity index (χ4v) is 2.12. The number of rotatable bonds is 4. The maximum absolute atomic E-state index is 12.1. The average molecular weight is 308 g/mol. The van der Waals surface area contributed by atoms with Crippen LogP contribution in [0.2, 0.25) is 0 Å². The third-order valence-electron chi connectivity index (χ3n) is 3.25. The second kappa shape index (κ2) is 6.15. The number of aromatic nitrogens is 2. The number of nitrogens with zero attached hydrogens (tertiary/aromatic N) is 2. The number of ketones is 1. The van der Waals surface area contributed by atoms with E-state index in [9.17, 15) is 15.1 Å². The van der Waals surface area contributed by atoms with E-state index in [1.807, 2.05) is 6.07 Å². The van der Waals surface area contributed by atoms with Crippen LogP contribution in [0.3, 0.4) is 0 Å². The summed E-state index contributed by atoms with van der Waals surface area (Å²) in [6, 6.07) is 15.2. The summed E-state index contributed by atoms with van der Waals surface area (Å²) in [6.07, 6.45) is 2.52. The van der Waals surface area contributed by atoms with E-state index in [1.165, 1.54) is 24.3 Å². The van der Waals surface area contributed by atoms with Gasteiger partial charge in [0.15, 0.2) is 5.78 Å². The van der Waals surface area contributed by atoms with Crippen molar-refractivity contribution in [3.8, 4) is 17.0 Å². The van der Waals surface area contributed by atoms with Gasteiger partial charge in [0.05, 0.1) is 5.56 Å². The number of para-hydroxylation sites is 1. The van der Waals surface area contributed by atoms with Gasteiger partial charge in [-0.3, -0.25) is 9.42 Å². The minimum absolute atomic E-state index is 0.111. The zero-order valence-corrected chi connectivity index (χ0v) is 11.9. The molecule has 0 spiro atoms. The molecule has 6 heteroatoms. The summed E-state index contributed by atoms with van der Waals surface area (Å²) in [5.41, 5.74) is 1.29. The lowest BCUT2D eigenvalue weighted by molar-refractivity contribution is -0.803. The van der Waals surface area contributed by atoms with Gasteiger partial charge in [0, 0.05) is 10.7 Å². The Kier molecular flexibility index (Phi) is 3.88. The van der Waals surface area contributed by atoms with E-state index in [4.69, 9.17) is 0 Å². The van der Waals surface area contributed by atoms with Crippen LogP contribution in [-0.2, 0) is 0 Å². The SMILES string of the molecule is O=C(/C=C/c1c(-c2ccccc2)no[n+]1[O-])c1ccccc1O. The van der Waals surface area contributed by atoms with Crippen LogP contribution in [0.5, 0.6) is 5.75 Å². The number of carbonyl (C=O) groups excluding carboxylic acids is 1. The Morgan fingerprint density at radius 3 is 2.57 bits per heavy atom. The number of phenols is 1. The van der Waals surface area contributed by atoms with Crippen molar-refractivity contribution in [3.05, 3.63) is 77.1 Å². The first-order valence-corrected chi connectivity index (χ1v) is 6.82. The van der Waals surface area contributed by atoms with Gasteiger partial charge >= 0.3 is 0 Å². The van der Waals surface area contributed by atoms with Gasteiger partial charge in [0.25, 0.3) is 5.69 Å². The molecular formula is C17H12N2O4. The Morgan fingerprint density at radius 1 is 1.13 bits per heavy atom. The molecule has 3 rings (SSSR count). The van der Waals surface area contributed by atoms with E-state index in [0.29, 0.717) is 11.3 Å². The van der Waals surface area contributed by atoms with Crippen molar-refractivity contribution < 1.29 is 19.4 Å². The normalized spacial score (nSPS) is 11.0. The summed E-state index contributed by atoms with van der Waals surface area (Å²) < 4.78 is 4.61. The van der Waals surface area contributed by atoms with Gasteiger partial charge in [0.2, 0.25) is 5.69 Å². The number of phenolic OH excluding ortho intramolecular Hbond substituents is 1. The molecule has 0 aliphatic heterocycles. The summed E-state index contributed by atoms with van der Waals surface area (Å²) in [5.74, 6) is -0.547. The molecule has 0 saturated carbocycles. The summed E-state index contributed by atoms with van der Waals surface area (Å²) >= 11 is 0. The summed E-state index contributed by atoms with van der Waals surface area (Å²) in [7, 11) is 0. The molecule has 3 aromatic rings. The lowest BCUT2D eigenvalue weighted by Gasteiger charge is -1.98. The molecule has 23 heavy (non-hydrogen) atoms. The zero-order chi connectivity index (χ0) is 16.2. The molecule has 1 heterocycles. The maximum Gasteiger partial charge on any atom is 0.255 e. The highest BCUT2D eigenvalue weighted by Crippen LogP contribution is 2.21. The predicted octanol–water partition coefficient (Wildman–Crippen LogP) is 2.58. The van der Waals surface area contributed by atoms with Crippen LogP contribution in [0.15, 0.2) is 65.3 Å². The lowest BCUT2D eigenvalue weighted by atomic mass is 10.1. The van der Waals surface area contributed by atoms with Gasteiger partial charge in [-0.25, -0.2) is 0 Å². The average Bonchev–Trinajstić information content (AvgIpc) is 2.94. The highest BCUT2D eigenvalue weighted by Gasteiger charge is 2.18. The Hall–Kier alpha value is -3.41. The molecule has 1 N–H and O–H groups in total. The number of allylic oxidation sites excluding steroid dienone is 1. The second-order valence-electron chi connectivity index (χ2n) is 4.74. The molecule has 1 aromatic heterocycles. The van der Waals surface area contributed by atoms with Gasteiger partial charge < -0.3 is 10.3 Å². The molecule has 0 saturated heterocycles. The maximum atomic E-state index is 12.1. The van der Waals surface area contributed by atoms with Crippen LogP contribution in [0, 0.1) is 5.21 Å². The van der Waals surface area contributed by atoms with E-state index < -0.39 is 5.78 Å². The van der Waals surface area contributed by atoms with Crippen molar-refractivity contribution >= 4 is 11.9 Å². The van der Waals surface area contributed by atoms with Crippen LogP contribution >= 0.6 is 0 Å². The van der Waals surface area contributed by atoms with E-state index >= 15 is 0 Å². The molecule has 0 aliphatic rings. The molecule has 114 valence electrons. The van der Waals surface area contributed by atoms with Crippen molar-refractivity contribution in [1.82, 2.24) is 5.16 Å². The molecule has 0 aliphatic carbocycles. The Bertz CT molecular complexity index is 869. The predicted molar refractivity (Wildman–Crippen MR) is 82.4 cm³/mol. The number of aromatic hydroxyl groups is 1. The Labute approximate surface area is 131 Å². The van der Waals surface area contributed by atoms with Gasteiger partial charge in [0.1, 0.15) is 5.75 Å². The number of hydrogen-bond donors (Lipinski definition) is 1. The fraction of sp³-hybridized carbons (Fsp3) is 0. The molecule has 0 radical (unpaired) electrons. The zero-order valence-electron chi connectivity index (χ0n) is 11.9. The molecule has 0 atom stereocenters. The molecular weight excluding hydrogens is 296 g/mol. The van der Waals surface area contributed by atoms with E-state index in [0.717, 1.165) is 0 Å². The molecule has 0 unspecified atom stereocenters. The standard InChI is InChI=1S/C17H12N2O4/c20-15-9-5-4-8-13(15)16(21)11-10-14-17(18-23-19(14)22)12-6-2-1-3-7-12/h1-11,20H/b11-10+. The minimum atomic E-state index is -0.427.